The van der Waals surface area contributed by atoms with Crippen molar-refractivity contribution in [3.05, 3.63) is 48.4 Å². The lowest BCUT2D eigenvalue weighted by atomic mass is 10.1. The van der Waals surface area contributed by atoms with Gasteiger partial charge in [-0.2, -0.15) is 0 Å². The highest BCUT2D eigenvalue weighted by Crippen LogP contribution is 2.14. The van der Waals surface area contributed by atoms with Crippen molar-refractivity contribution in [2.24, 2.45) is 0 Å². The van der Waals surface area contributed by atoms with Crippen LogP contribution in [-0.4, -0.2) is 50.9 Å². The molecule has 0 radical (unpaired) electrons. The monoisotopic (exact) mass is 367 g/mol. The van der Waals surface area contributed by atoms with Gasteiger partial charge in [0.25, 0.3) is 5.91 Å². The molecule has 0 saturated carbocycles. The number of carbonyl (C=O) groups excluding carboxylic acids is 2. The molecule has 8 heteroatoms. The smallest absolute Gasteiger partial charge is 0.273 e. The van der Waals surface area contributed by atoms with Crippen molar-refractivity contribution in [1.82, 2.24) is 24.8 Å². The second-order valence-electron chi connectivity index (χ2n) is 6.58. The van der Waals surface area contributed by atoms with Gasteiger partial charge in [-0.3, -0.25) is 9.59 Å². The molecule has 1 aliphatic heterocycles. The number of imidazole rings is 1. The third-order valence-corrected chi connectivity index (χ3v) is 4.71. The standard InChI is InChI=1S/C19H21N5O3/c25-18-7-3-4-9-23(18)10-8-20-19(26)15-12-27-17(22-15)11-24-13-21-14-5-1-2-6-16(14)24/h1-2,5-6,12-13H,3-4,7-11H2,(H,20,26). The maximum Gasteiger partial charge on any atom is 0.273 e. The number of piperidine rings is 1. The molecule has 1 fully saturated rings. The lowest BCUT2D eigenvalue weighted by Gasteiger charge is -2.26. The summed E-state index contributed by atoms with van der Waals surface area (Å²) in [5, 5.41) is 2.79. The number of hydrogen-bond donors (Lipinski definition) is 1. The van der Waals surface area contributed by atoms with Crippen LogP contribution < -0.4 is 5.32 Å². The van der Waals surface area contributed by atoms with Gasteiger partial charge in [-0.05, 0) is 25.0 Å². The molecule has 27 heavy (non-hydrogen) atoms. The lowest BCUT2D eigenvalue weighted by molar-refractivity contribution is -0.133. The van der Waals surface area contributed by atoms with E-state index in [1.54, 1.807) is 11.2 Å². The summed E-state index contributed by atoms with van der Waals surface area (Å²) < 4.78 is 7.36. The fraction of sp³-hybridized carbons (Fsp3) is 0.368. The molecule has 140 valence electrons. The van der Waals surface area contributed by atoms with Crippen molar-refractivity contribution < 1.29 is 14.0 Å². The molecule has 0 unspecified atom stereocenters. The number of likely N-dealkylation sites (tertiary alicyclic amines) is 1. The van der Waals surface area contributed by atoms with E-state index in [1.807, 2.05) is 28.8 Å². The molecule has 3 aromatic rings. The zero-order valence-electron chi connectivity index (χ0n) is 14.9. The second kappa shape index (κ2) is 7.61. The third-order valence-electron chi connectivity index (χ3n) is 4.71. The Balaban J connectivity index is 1.33. The minimum absolute atomic E-state index is 0.159. The van der Waals surface area contributed by atoms with Gasteiger partial charge >= 0.3 is 0 Å². The molecule has 2 aromatic heterocycles. The van der Waals surface area contributed by atoms with Crippen molar-refractivity contribution in [2.45, 2.75) is 25.8 Å². The quantitative estimate of drug-likeness (QED) is 0.717. The first kappa shape index (κ1) is 17.3. The molecule has 4 rings (SSSR count). The van der Waals surface area contributed by atoms with Gasteiger partial charge in [0.2, 0.25) is 11.8 Å². The van der Waals surface area contributed by atoms with Crippen LogP contribution in [0.2, 0.25) is 0 Å². The van der Waals surface area contributed by atoms with Gasteiger partial charge in [-0.1, -0.05) is 12.1 Å². The van der Waals surface area contributed by atoms with E-state index >= 15 is 0 Å². The van der Waals surface area contributed by atoms with Crippen LogP contribution in [0.15, 0.2) is 41.3 Å². The predicted octanol–water partition coefficient (Wildman–Crippen LogP) is 1.81. The molecule has 1 aromatic carbocycles. The van der Waals surface area contributed by atoms with Crippen molar-refractivity contribution >= 4 is 22.8 Å². The van der Waals surface area contributed by atoms with E-state index in [2.05, 4.69) is 15.3 Å². The number of para-hydroxylation sites is 2. The van der Waals surface area contributed by atoms with Crippen LogP contribution in [0.25, 0.3) is 11.0 Å². The summed E-state index contributed by atoms with van der Waals surface area (Å²) in [4.78, 5) is 34.4. The summed E-state index contributed by atoms with van der Waals surface area (Å²) in [5.41, 5.74) is 2.11. The maximum absolute atomic E-state index is 12.2. The van der Waals surface area contributed by atoms with E-state index in [9.17, 15) is 9.59 Å². The number of rotatable bonds is 6. The molecular formula is C19H21N5O3. The van der Waals surface area contributed by atoms with Crippen LogP contribution in [0.3, 0.4) is 0 Å². The zero-order chi connectivity index (χ0) is 18.6. The Labute approximate surface area is 156 Å². The fourth-order valence-electron chi connectivity index (χ4n) is 3.26. The first-order chi connectivity index (χ1) is 13.2. The minimum atomic E-state index is -0.301. The summed E-state index contributed by atoms with van der Waals surface area (Å²) in [6.07, 6.45) is 5.66. The number of oxazole rings is 1. The molecule has 3 heterocycles. The van der Waals surface area contributed by atoms with Crippen molar-refractivity contribution in [3.8, 4) is 0 Å². The van der Waals surface area contributed by atoms with Crippen LogP contribution in [0, 0.1) is 0 Å². The summed E-state index contributed by atoms with van der Waals surface area (Å²) in [6.45, 7) is 2.09. The number of fused-ring (bicyclic) bond motifs is 1. The summed E-state index contributed by atoms with van der Waals surface area (Å²) in [5.74, 6) is 0.297. The molecule has 1 N–H and O–H groups in total. The average molecular weight is 367 g/mol. The fourth-order valence-corrected chi connectivity index (χ4v) is 3.26. The number of carbonyl (C=O) groups is 2. The summed E-state index contributed by atoms with van der Waals surface area (Å²) in [6, 6.07) is 7.79. The average Bonchev–Trinajstić information content (AvgIpc) is 3.31. The van der Waals surface area contributed by atoms with Crippen LogP contribution in [0.5, 0.6) is 0 Å². The van der Waals surface area contributed by atoms with Gasteiger partial charge in [0, 0.05) is 26.1 Å². The van der Waals surface area contributed by atoms with Gasteiger partial charge in [0.1, 0.15) is 12.8 Å². The van der Waals surface area contributed by atoms with Gasteiger partial charge in [0.05, 0.1) is 17.4 Å². The Hall–Kier alpha value is -3.16. The largest absolute Gasteiger partial charge is 0.446 e. The zero-order valence-corrected chi connectivity index (χ0v) is 14.9. The van der Waals surface area contributed by atoms with E-state index < -0.39 is 0 Å². The molecule has 1 saturated heterocycles. The van der Waals surface area contributed by atoms with Crippen molar-refractivity contribution in [3.63, 3.8) is 0 Å². The van der Waals surface area contributed by atoms with Crippen LogP contribution in [0.4, 0.5) is 0 Å². The maximum atomic E-state index is 12.2. The number of hydrogen-bond acceptors (Lipinski definition) is 5. The van der Waals surface area contributed by atoms with Crippen molar-refractivity contribution in [1.29, 1.82) is 0 Å². The van der Waals surface area contributed by atoms with E-state index in [0.29, 0.717) is 31.9 Å². The predicted molar refractivity (Wildman–Crippen MR) is 98.1 cm³/mol. The Morgan fingerprint density at radius 3 is 3.04 bits per heavy atom. The number of nitrogens with one attached hydrogen (secondary N) is 1. The molecule has 2 amide bonds. The summed E-state index contributed by atoms with van der Waals surface area (Å²) >= 11 is 0. The first-order valence-electron chi connectivity index (χ1n) is 9.11. The van der Waals surface area contributed by atoms with Crippen LogP contribution in [-0.2, 0) is 11.3 Å². The molecule has 8 nitrogen and oxygen atoms in total. The van der Waals surface area contributed by atoms with E-state index in [0.717, 1.165) is 30.4 Å². The molecule has 0 spiro atoms. The second-order valence-corrected chi connectivity index (χ2v) is 6.58. The number of amides is 2. The van der Waals surface area contributed by atoms with Crippen LogP contribution in [0.1, 0.15) is 35.6 Å². The summed E-state index contributed by atoms with van der Waals surface area (Å²) in [7, 11) is 0. The molecule has 0 atom stereocenters. The first-order valence-corrected chi connectivity index (χ1v) is 9.11. The molecule has 1 aliphatic rings. The van der Waals surface area contributed by atoms with Crippen molar-refractivity contribution in [2.75, 3.05) is 19.6 Å². The molecule has 0 bridgehead atoms. The Morgan fingerprint density at radius 2 is 2.15 bits per heavy atom. The van der Waals surface area contributed by atoms with E-state index in [1.165, 1.54) is 6.26 Å². The Morgan fingerprint density at radius 1 is 1.26 bits per heavy atom. The lowest BCUT2D eigenvalue weighted by Crippen LogP contribution is -2.41. The number of benzene rings is 1. The highest BCUT2D eigenvalue weighted by atomic mass is 16.3. The Bertz CT molecular complexity index is 961. The van der Waals surface area contributed by atoms with E-state index in [-0.39, 0.29) is 17.5 Å². The van der Waals surface area contributed by atoms with Gasteiger partial charge < -0.3 is 19.2 Å². The normalized spacial score (nSPS) is 14.7. The molecular weight excluding hydrogens is 346 g/mol. The topological polar surface area (TPSA) is 93.3 Å². The Kier molecular flexibility index (Phi) is 4.86. The highest BCUT2D eigenvalue weighted by molar-refractivity contribution is 5.91. The minimum Gasteiger partial charge on any atom is -0.446 e. The highest BCUT2D eigenvalue weighted by Gasteiger charge is 2.18. The van der Waals surface area contributed by atoms with Gasteiger partial charge in [-0.15, -0.1) is 0 Å². The van der Waals surface area contributed by atoms with Gasteiger partial charge in [0.15, 0.2) is 5.69 Å². The van der Waals surface area contributed by atoms with Gasteiger partial charge in [-0.25, -0.2) is 9.97 Å². The number of nitrogens with zero attached hydrogens (tertiary/aromatic N) is 4. The third kappa shape index (κ3) is 3.84. The SMILES string of the molecule is O=C(NCCN1CCCCC1=O)c1coc(Cn2cnc3ccccc32)n1. The molecule has 0 aliphatic carbocycles. The number of aromatic nitrogens is 3. The van der Waals surface area contributed by atoms with Crippen LogP contribution >= 0.6 is 0 Å². The van der Waals surface area contributed by atoms with E-state index in [4.69, 9.17) is 4.42 Å².